The van der Waals surface area contributed by atoms with Crippen molar-refractivity contribution in [3.05, 3.63) is 96.4 Å². The van der Waals surface area contributed by atoms with Crippen molar-refractivity contribution in [3.63, 3.8) is 0 Å². The Morgan fingerprint density at radius 2 is 1.17 bits per heavy atom. The molecule has 2 aromatic carbocycles. The summed E-state index contributed by atoms with van der Waals surface area (Å²) in [6.45, 7) is 0. The highest BCUT2D eigenvalue weighted by atomic mass is 127. The van der Waals surface area contributed by atoms with E-state index in [1.807, 2.05) is 48.5 Å². The SMILES string of the molecule is O=C(N/N=C\c1cccc(I)c1)c1cccc(C(=O)N/N=C\c2cccc(I)c2)n1. The largest absolute Gasteiger partial charge is 0.289 e. The van der Waals surface area contributed by atoms with Gasteiger partial charge in [-0.2, -0.15) is 10.2 Å². The van der Waals surface area contributed by atoms with Crippen molar-refractivity contribution < 1.29 is 9.59 Å². The maximum Gasteiger partial charge on any atom is 0.289 e. The minimum atomic E-state index is -0.520. The molecule has 1 aromatic heterocycles. The predicted octanol–water partition coefficient (Wildman–Crippen LogP) is 3.82. The molecule has 2 amide bonds. The number of nitrogens with zero attached hydrogens (tertiary/aromatic N) is 3. The maximum atomic E-state index is 12.3. The third kappa shape index (κ3) is 6.69. The van der Waals surface area contributed by atoms with Crippen molar-refractivity contribution in [3.8, 4) is 0 Å². The first-order chi connectivity index (χ1) is 14.5. The molecule has 0 radical (unpaired) electrons. The van der Waals surface area contributed by atoms with E-state index in [4.69, 9.17) is 0 Å². The molecule has 0 fully saturated rings. The Labute approximate surface area is 200 Å². The summed E-state index contributed by atoms with van der Waals surface area (Å²) in [5.74, 6) is -1.04. The van der Waals surface area contributed by atoms with Gasteiger partial charge in [-0.25, -0.2) is 15.8 Å². The smallest absolute Gasteiger partial charge is 0.266 e. The van der Waals surface area contributed by atoms with Gasteiger partial charge < -0.3 is 0 Å². The highest BCUT2D eigenvalue weighted by molar-refractivity contribution is 14.1. The van der Waals surface area contributed by atoms with E-state index in [1.54, 1.807) is 6.07 Å². The van der Waals surface area contributed by atoms with Gasteiger partial charge in [0.25, 0.3) is 11.8 Å². The summed E-state index contributed by atoms with van der Waals surface area (Å²) >= 11 is 4.39. The third-order valence-corrected chi connectivity index (χ3v) is 5.01. The summed E-state index contributed by atoms with van der Waals surface area (Å²) in [5, 5.41) is 7.86. The van der Waals surface area contributed by atoms with Crippen LogP contribution in [0.5, 0.6) is 0 Å². The van der Waals surface area contributed by atoms with Gasteiger partial charge in [0.2, 0.25) is 0 Å². The highest BCUT2D eigenvalue weighted by Crippen LogP contribution is 2.06. The van der Waals surface area contributed by atoms with Crippen LogP contribution in [0.4, 0.5) is 0 Å². The minimum Gasteiger partial charge on any atom is -0.266 e. The van der Waals surface area contributed by atoms with E-state index in [0.717, 1.165) is 18.3 Å². The zero-order valence-corrected chi connectivity index (χ0v) is 19.7. The van der Waals surface area contributed by atoms with Gasteiger partial charge in [-0.05, 0) is 92.7 Å². The Morgan fingerprint density at radius 3 is 1.60 bits per heavy atom. The van der Waals surface area contributed by atoms with Crippen LogP contribution in [0.1, 0.15) is 32.1 Å². The number of hydrogen-bond acceptors (Lipinski definition) is 5. The number of pyridine rings is 1. The minimum absolute atomic E-state index is 0.0732. The van der Waals surface area contributed by atoms with Gasteiger partial charge in [-0.15, -0.1) is 0 Å². The average Bonchev–Trinajstić information content (AvgIpc) is 2.74. The van der Waals surface area contributed by atoms with Crippen LogP contribution in [0.15, 0.2) is 76.9 Å². The molecule has 7 nitrogen and oxygen atoms in total. The van der Waals surface area contributed by atoms with E-state index in [9.17, 15) is 9.59 Å². The summed E-state index contributed by atoms with van der Waals surface area (Å²) in [6, 6.07) is 19.9. The lowest BCUT2D eigenvalue weighted by atomic mass is 10.2. The van der Waals surface area contributed by atoms with Gasteiger partial charge in [0.05, 0.1) is 12.4 Å². The van der Waals surface area contributed by atoms with Gasteiger partial charge >= 0.3 is 0 Å². The van der Waals surface area contributed by atoms with E-state index in [0.29, 0.717) is 0 Å². The Kier molecular flexibility index (Phi) is 8.02. The topological polar surface area (TPSA) is 95.8 Å². The monoisotopic (exact) mass is 623 g/mol. The number of benzene rings is 2. The second-order valence-corrected chi connectivity index (χ2v) is 8.41. The molecule has 0 aliphatic rings. The van der Waals surface area contributed by atoms with Crippen molar-refractivity contribution in [2.45, 2.75) is 0 Å². The van der Waals surface area contributed by atoms with Crippen LogP contribution in [0.2, 0.25) is 0 Å². The Bertz CT molecular complexity index is 1050. The van der Waals surface area contributed by atoms with E-state index >= 15 is 0 Å². The first-order valence-corrected chi connectivity index (χ1v) is 10.8. The number of aromatic nitrogens is 1. The molecule has 0 spiro atoms. The number of amides is 2. The Hall–Kier alpha value is -2.67. The molecule has 3 rings (SSSR count). The van der Waals surface area contributed by atoms with E-state index < -0.39 is 11.8 Å². The molecule has 0 bridgehead atoms. The molecule has 3 aromatic rings. The fraction of sp³-hybridized carbons (Fsp3) is 0. The van der Waals surface area contributed by atoms with Crippen LogP contribution in [-0.4, -0.2) is 29.2 Å². The summed E-state index contributed by atoms with van der Waals surface area (Å²) in [4.78, 5) is 28.6. The van der Waals surface area contributed by atoms with Crippen molar-refractivity contribution in [2.24, 2.45) is 10.2 Å². The number of nitrogens with one attached hydrogen (secondary N) is 2. The van der Waals surface area contributed by atoms with E-state index in [-0.39, 0.29) is 11.4 Å². The van der Waals surface area contributed by atoms with Gasteiger partial charge in [-0.1, -0.05) is 30.3 Å². The Balaban J connectivity index is 1.60. The van der Waals surface area contributed by atoms with Gasteiger partial charge in [0.1, 0.15) is 11.4 Å². The van der Waals surface area contributed by atoms with Crippen LogP contribution in [0.25, 0.3) is 0 Å². The number of halogens is 2. The lowest BCUT2D eigenvalue weighted by Crippen LogP contribution is -2.23. The first-order valence-electron chi connectivity index (χ1n) is 8.66. The molecular weight excluding hydrogens is 608 g/mol. The zero-order valence-electron chi connectivity index (χ0n) is 15.4. The van der Waals surface area contributed by atoms with Gasteiger partial charge in [0, 0.05) is 7.14 Å². The number of carbonyl (C=O) groups is 2. The normalized spacial score (nSPS) is 11.0. The van der Waals surface area contributed by atoms with E-state index in [2.05, 4.69) is 71.2 Å². The molecule has 0 saturated heterocycles. The van der Waals surface area contributed by atoms with Crippen molar-refractivity contribution in [1.29, 1.82) is 0 Å². The summed E-state index contributed by atoms with van der Waals surface area (Å²) in [6.07, 6.45) is 3.08. The molecule has 0 atom stereocenters. The standard InChI is InChI=1S/C21H15I2N5O2/c22-16-6-1-4-14(10-16)12-24-27-20(29)18-8-3-9-19(26-18)21(30)28-25-13-15-5-2-7-17(23)11-15/h1-13H,(H,27,29)(H,28,30)/b24-12-,25-13-. The molecule has 0 aliphatic heterocycles. The molecule has 1 heterocycles. The third-order valence-electron chi connectivity index (χ3n) is 3.67. The van der Waals surface area contributed by atoms with Crippen LogP contribution in [-0.2, 0) is 0 Å². The second-order valence-electron chi connectivity index (χ2n) is 5.92. The van der Waals surface area contributed by atoms with Crippen molar-refractivity contribution in [2.75, 3.05) is 0 Å². The van der Waals surface area contributed by atoms with Crippen LogP contribution >= 0.6 is 45.2 Å². The molecule has 2 N–H and O–H groups in total. The Morgan fingerprint density at radius 1 is 0.733 bits per heavy atom. The van der Waals surface area contributed by atoms with Crippen LogP contribution in [0, 0.1) is 7.14 Å². The highest BCUT2D eigenvalue weighted by Gasteiger charge is 2.11. The number of rotatable bonds is 6. The summed E-state index contributed by atoms with van der Waals surface area (Å²) < 4.78 is 2.13. The number of hydrazone groups is 2. The molecule has 0 saturated carbocycles. The molecule has 0 unspecified atom stereocenters. The average molecular weight is 623 g/mol. The summed E-state index contributed by atoms with van der Waals surface area (Å²) in [5.41, 5.74) is 6.67. The molecular formula is C21H15I2N5O2. The maximum absolute atomic E-state index is 12.3. The fourth-order valence-electron chi connectivity index (χ4n) is 2.31. The number of hydrogen-bond donors (Lipinski definition) is 2. The molecule has 150 valence electrons. The van der Waals surface area contributed by atoms with Crippen LogP contribution in [0.3, 0.4) is 0 Å². The first kappa shape index (κ1) is 22.0. The van der Waals surface area contributed by atoms with Crippen molar-refractivity contribution in [1.82, 2.24) is 15.8 Å². The quantitative estimate of drug-likeness (QED) is 0.249. The fourth-order valence-corrected chi connectivity index (χ4v) is 3.44. The molecule has 0 aliphatic carbocycles. The van der Waals surface area contributed by atoms with Gasteiger partial charge in [0.15, 0.2) is 0 Å². The lowest BCUT2D eigenvalue weighted by molar-refractivity contribution is 0.0946. The van der Waals surface area contributed by atoms with Gasteiger partial charge in [-0.3, -0.25) is 9.59 Å². The van der Waals surface area contributed by atoms with E-state index in [1.165, 1.54) is 24.6 Å². The lowest BCUT2D eigenvalue weighted by Gasteiger charge is -2.03. The second kappa shape index (κ2) is 10.9. The number of carbonyl (C=O) groups excluding carboxylic acids is 2. The molecule has 9 heteroatoms. The van der Waals surface area contributed by atoms with Crippen molar-refractivity contribution >= 4 is 69.4 Å². The zero-order chi connectivity index (χ0) is 21.3. The predicted molar refractivity (Wildman–Crippen MR) is 133 cm³/mol. The van der Waals surface area contributed by atoms with Crippen LogP contribution < -0.4 is 10.9 Å². The molecule has 30 heavy (non-hydrogen) atoms. The summed E-state index contributed by atoms with van der Waals surface area (Å²) in [7, 11) is 0.